The first-order chi connectivity index (χ1) is 9.82. The van der Waals surface area contributed by atoms with E-state index in [0.717, 1.165) is 0 Å². The highest BCUT2D eigenvalue weighted by atomic mass is 16.5. The topological polar surface area (TPSA) is 97.7 Å². The fraction of sp³-hybridized carbons (Fsp3) is 0.333. The Morgan fingerprint density at radius 1 is 1.00 bits per heavy atom. The number of carboxylic acid groups (broad SMARTS) is 1. The first-order valence-corrected chi connectivity index (χ1v) is 6.34. The Kier molecular flexibility index (Phi) is 5.78. The van der Waals surface area contributed by atoms with Crippen LogP contribution in [0.2, 0.25) is 0 Å². The molecule has 0 saturated heterocycles. The lowest BCUT2D eigenvalue weighted by Gasteiger charge is -2.10. The van der Waals surface area contributed by atoms with E-state index in [4.69, 9.17) is 9.84 Å². The van der Waals surface area contributed by atoms with Crippen LogP contribution in [0.5, 0.6) is 0 Å². The van der Waals surface area contributed by atoms with Gasteiger partial charge in [0.2, 0.25) is 0 Å². The fourth-order valence-corrected chi connectivity index (χ4v) is 1.79. The molecule has 0 bridgehead atoms. The monoisotopic (exact) mass is 292 g/mol. The molecule has 1 aromatic rings. The molecule has 0 aliphatic carbocycles. The number of ether oxygens (including phenoxy) is 1. The molecule has 112 valence electrons. The molecular formula is C15H16O6. The molecule has 0 heterocycles. The Morgan fingerprint density at radius 2 is 1.48 bits per heavy atom. The van der Waals surface area contributed by atoms with Gasteiger partial charge in [-0.05, 0) is 44.5 Å². The van der Waals surface area contributed by atoms with Crippen LogP contribution in [0.1, 0.15) is 41.0 Å². The van der Waals surface area contributed by atoms with Crippen molar-refractivity contribution in [3.05, 3.63) is 35.4 Å². The number of carbonyl (C=O) groups is 4. The van der Waals surface area contributed by atoms with Gasteiger partial charge in [0.25, 0.3) is 0 Å². The average molecular weight is 292 g/mol. The summed E-state index contributed by atoms with van der Waals surface area (Å²) in [6, 6.07) is 5.29. The summed E-state index contributed by atoms with van der Waals surface area (Å²) in [6.45, 7) is 2.58. The van der Waals surface area contributed by atoms with Crippen molar-refractivity contribution in [2.24, 2.45) is 5.92 Å². The highest BCUT2D eigenvalue weighted by molar-refractivity contribution is 6.00. The molecule has 0 unspecified atom stereocenters. The number of esters is 1. The van der Waals surface area contributed by atoms with Gasteiger partial charge < -0.3 is 9.84 Å². The van der Waals surface area contributed by atoms with Gasteiger partial charge in [0.15, 0.2) is 0 Å². The second-order valence-corrected chi connectivity index (χ2v) is 4.58. The van der Waals surface area contributed by atoms with Crippen LogP contribution >= 0.6 is 0 Å². The minimum Gasteiger partial charge on any atom is -0.478 e. The van der Waals surface area contributed by atoms with Gasteiger partial charge in [-0.25, -0.2) is 9.59 Å². The number of aromatic carboxylic acids is 1. The predicted molar refractivity (Wildman–Crippen MR) is 73.2 cm³/mol. The number of Topliss-reactive ketones (excluding diaryl/α,β-unsaturated/α-hetero) is 2. The van der Waals surface area contributed by atoms with E-state index in [2.05, 4.69) is 0 Å². The molecule has 0 atom stereocenters. The van der Waals surface area contributed by atoms with E-state index in [9.17, 15) is 19.2 Å². The van der Waals surface area contributed by atoms with Gasteiger partial charge in [-0.15, -0.1) is 0 Å². The lowest BCUT2D eigenvalue weighted by molar-refractivity contribution is -0.131. The molecule has 6 heteroatoms. The van der Waals surface area contributed by atoms with Crippen LogP contribution < -0.4 is 0 Å². The quantitative estimate of drug-likeness (QED) is 0.607. The van der Waals surface area contributed by atoms with Crippen LogP contribution in [-0.4, -0.2) is 35.2 Å². The largest absolute Gasteiger partial charge is 0.478 e. The van der Waals surface area contributed by atoms with Crippen molar-refractivity contribution in [3.63, 3.8) is 0 Å². The maximum atomic E-state index is 11.7. The van der Waals surface area contributed by atoms with Gasteiger partial charge in [-0.1, -0.05) is 0 Å². The molecule has 0 radical (unpaired) electrons. The van der Waals surface area contributed by atoms with Crippen LogP contribution in [0, 0.1) is 5.92 Å². The van der Waals surface area contributed by atoms with Crippen molar-refractivity contribution in [1.29, 1.82) is 0 Å². The SMILES string of the molecule is CC(=O)C(CCOC(=O)c1ccc(C(=O)O)cc1)C(C)=O. The van der Waals surface area contributed by atoms with Gasteiger partial charge >= 0.3 is 11.9 Å². The highest BCUT2D eigenvalue weighted by Crippen LogP contribution is 2.09. The molecule has 0 aromatic heterocycles. The summed E-state index contributed by atoms with van der Waals surface area (Å²) in [5.41, 5.74) is 0.280. The summed E-state index contributed by atoms with van der Waals surface area (Å²) >= 11 is 0. The van der Waals surface area contributed by atoms with Gasteiger partial charge in [0.1, 0.15) is 11.6 Å². The van der Waals surface area contributed by atoms with E-state index in [-0.39, 0.29) is 35.7 Å². The molecule has 0 fully saturated rings. The molecule has 21 heavy (non-hydrogen) atoms. The van der Waals surface area contributed by atoms with E-state index in [1.807, 2.05) is 0 Å². The lowest BCUT2D eigenvalue weighted by atomic mass is 9.98. The van der Waals surface area contributed by atoms with Crippen LogP contribution in [-0.2, 0) is 14.3 Å². The molecule has 1 N–H and O–H groups in total. The van der Waals surface area contributed by atoms with Gasteiger partial charge in [0.05, 0.1) is 23.7 Å². The standard InChI is InChI=1S/C15H16O6/c1-9(16)13(10(2)17)7-8-21-15(20)12-5-3-11(4-6-12)14(18)19/h3-6,13H,7-8H2,1-2H3,(H,18,19). The van der Waals surface area contributed by atoms with E-state index >= 15 is 0 Å². The molecule has 1 rings (SSSR count). The second-order valence-electron chi connectivity index (χ2n) is 4.58. The fourth-order valence-electron chi connectivity index (χ4n) is 1.79. The van der Waals surface area contributed by atoms with Crippen LogP contribution in [0.15, 0.2) is 24.3 Å². The predicted octanol–water partition coefficient (Wildman–Crippen LogP) is 1.73. The number of ketones is 2. The summed E-state index contributed by atoms with van der Waals surface area (Å²) in [5, 5.41) is 8.74. The number of carbonyl (C=O) groups excluding carboxylic acids is 3. The molecule has 0 saturated carbocycles. The molecule has 0 aliphatic rings. The molecule has 6 nitrogen and oxygen atoms in total. The minimum atomic E-state index is -1.08. The van der Waals surface area contributed by atoms with Crippen LogP contribution in [0.3, 0.4) is 0 Å². The zero-order valence-corrected chi connectivity index (χ0v) is 11.8. The zero-order valence-electron chi connectivity index (χ0n) is 11.8. The van der Waals surface area contributed by atoms with Crippen molar-refractivity contribution in [3.8, 4) is 0 Å². The molecule has 1 aromatic carbocycles. The summed E-state index contributed by atoms with van der Waals surface area (Å²) in [6.07, 6.45) is 0.142. The Labute approximate surface area is 121 Å². The minimum absolute atomic E-state index is 0.0522. The van der Waals surface area contributed by atoms with E-state index < -0.39 is 17.9 Å². The van der Waals surface area contributed by atoms with Crippen LogP contribution in [0.4, 0.5) is 0 Å². The molecule has 0 amide bonds. The third-order valence-corrected chi connectivity index (χ3v) is 2.99. The number of rotatable bonds is 7. The van der Waals surface area contributed by atoms with Gasteiger partial charge in [-0.2, -0.15) is 0 Å². The van der Waals surface area contributed by atoms with E-state index in [1.165, 1.54) is 38.1 Å². The maximum Gasteiger partial charge on any atom is 0.338 e. The Balaban J connectivity index is 2.56. The highest BCUT2D eigenvalue weighted by Gasteiger charge is 2.20. The number of carboxylic acids is 1. The normalized spacial score (nSPS) is 10.2. The second kappa shape index (κ2) is 7.33. The molecule has 0 aliphatic heterocycles. The van der Waals surface area contributed by atoms with E-state index in [1.54, 1.807) is 0 Å². The summed E-state index contributed by atoms with van der Waals surface area (Å²) in [5.74, 6) is -2.99. The lowest BCUT2D eigenvalue weighted by Crippen LogP contribution is -2.22. The summed E-state index contributed by atoms with van der Waals surface area (Å²) in [4.78, 5) is 44.8. The smallest absolute Gasteiger partial charge is 0.338 e. The summed E-state index contributed by atoms with van der Waals surface area (Å²) < 4.78 is 4.97. The Hall–Kier alpha value is -2.50. The first kappa shape index (κ1) is 16.6. The average Bonchev–Trinajstić information content (AvgIpc) is 2.42. The van der Waals surface area contributed by atoms with Crippen molar-refractivity contribution in [2.75, 3.05) is 6.61 Å². The number of hydrogen-bond donors (Lipinski definition) is 1. The Bertz CT molecular complexity index is 544. The van der Waals surface area contributed by atoms with E-state index in [0.29, 0.717) is 0 Å². The molecular weight excluding hydrogens is 276 g/mol. The van der Waals surface area contributed by atoms with Gasteiger partial charge in [-0.3, -0.25) is 9.59 Å². The first-order valence-electron chi connectivity index (χ1n) is 6.34. The van der Waals surface area contributed by atoms with Crippen molar-refractivity contribution in [2.45, 2.75) is 20.3 Å². The Morgan fingerprint density at radius 3 is 1.90 bits per heavy atom. The van der Waals surface area contributed by atoms with Crippen molar-refractivity contribution >= 4 is 23.5 Å². The third-order valence-electron chi connectivity index (χ3n) is 2.99. The molecule has 0 spiro atoms. The van der Waals surface area contributed by atoms with Crippen molar-refractivity contribution < 1.29 is 29.0 Å². The van der Waals surface area contributed by atoms with Crippen molar-refractivity contribution in [1.82, 2.24) is 0 Å². The number of benzene rings is 1. The zero-order chi connectivity index (χ0) is 16.0. The van der Waals surface area contributed by atoms with Crippen LogP contribution in [0.25, 0.3) is 0 Å². The van der Waals surface area contributed by atoms with Gasteiger partial charge in [0, 0.05) is 0 Å². The third kappa shape index (κ3) is 4.83. The number of hydrogen-bond acceptors (Lipinski definition) is 5. The maximum absolute atomic E-state index is 11.7. The summed E-state index contributed by atoms with van der Waals surface area (Å²) in [7, 11) is 0.